The van der Waals surface area contributed by atoms with Crippen molar-refractivity contribution in [1.82, 2.24) is 5.32 Å². The SMILES string of the molecule is NC1(C(=O)NC2CCc3c(Cl)cccc32)CCOCC1. The summed E-state index contributed by atoms with van der Waals surface area (Å²) < 4.78 is 5.28. The third-order valence-electron chi connectivity index (χ3n) is 4.36. The van der Waals surface area contributed by atoms with Crippen LogP contribution in [0.2, 0.25) is 5.02 Å². The summed E-state index contributed by atoms with van der Waals surface area (Å²) in [4.78, 5) is 12.4. The Balaban J connectivity index is 1.74. The molecule has 20 heavy (non-hydrogen) atoms. The summed E-state index contributed by atoms with van der Waals surface area (Å²) in [5.41, 5.74) is 7.70. The summed E-state index contributed by atoms with van der Waals surface area (Å²) in [6, 6.07) is 5.89. The van der Waals surface area contributed by atoms with Crippen LogP contribution in [0.15, 0.2) is 18.2 Å². The fraction of sp³-hybridized carbons (Fsp3) is 0.533. The van der Waals surface area contributed by atoms with E-state index in [2.05, 4.69) is 5.32 Å². The minimum absolute atomic E-state index is 0.0273. The Bertz CT molecular complexity index is 527. The lowest BCUT2D eigenvalue weighted by atomic mass is 9.90. The van der Waals surface area contributed by atoms with Crippen LogP contribution in [0.4, 0.5) is 0 Å². The van der Waals surface area contributed by atoms with Crippen molar-refractivity contribution in [2.24, 2.45) is 5.73 Å². The van der Waals surface area contributed by atoms with Crippen molar-refractivity contribution in [1.29, 1.82) is 0 Å². The lowest BCUT2D eigenvalue weighted by Gasteiger charge is -2.33. The van der Waals surface area contributed by atoms with Gasteiger partial charge >= 0.3 is 0 Å². The van der Waals surface area contributed by atoms with Crippen LogP contribution < -0.4 is 11.1 Å². The van der Waals surface area contributed by atoms with Crippen LogP contribution in [0, 0.1) is 0 Å². The Morgan fingerprint density at radius 2 is 2.15 bits per heavy atom. The maximum absolute atomic E-state index is 12.4. The fourth-order valence-electron chi connectivity index (χ4n) is 3.02. The number of halogens is 1. The second-order valence-corrected chi connectivity index (χ2v) is 6.05. The molecule has 0 aromatic heterocycles. The van der Waals surface area contributed by atoms with Gasteiger partial charge in [0.05, 0.1) is 11.6 Å². The fourth-order valence-corrected chi connectivity index (χ4v) is 3.30. The van der Waals surface area contributed by atoms with E-state index in [0.29, 0.717) is 26.1 Å². The zero-order chi connectivity index (χ0) is 14.2. The molecule has 1 atom stereocenters. The van der Waals surface area contributed by atoms with Crippen molar-refractivity contribution in [2.75, 3.05) is 13.2 Å². The van der Waals surface area contributed by atoms with Gasteiger partial charge in [-0.15, -0.1) is 0 Å². The maximum atomic E-state index is 12.4. The average molecular weight is 295 g/mol. The summed E-state index contributed by atoms with van der Waals surface area (Å²) in [6.45, 7) is 1.11. The van der Waals surface area contributed by atoms with E-state index in [-0.39, 0.29) is 11.9 Å². The van der Waals surface area contributed by atoms with Crippen molar-refractivity contribution >= 4 is 17.5 Å². The summed E-state index contributed by atoms with van der Waals surface area (Å²) in [7, 11) is 0. The van der Waals surface area contributed by atoms with Crippen LogP contribution in [0.25, 0.3) is 0 Å². The maximum Gasteiger partial charge on any atom is 0.240 e. The van der Waals surface area contributed by atoms with E-state index < -0.39 is 5.54 Å². The molecule has 108 valence electrons. The molecule has 1 aromatic rings. The summed E-state index contributed by atoms with van der Waals surface area (Å²) in [6.07, 6.45) is 2.94. The molecule has 0 spiro atoms. The minimum atomic E-state index is -0.792. The molecule has 2 aliphatic rings. The van der Waals surface area contributed by atoms with E-state index in [1.54, 1.807) is 0 Å². The highest BCUT2D eigenvalue weighted by atomic mass is 35.5. The van der Waals surface area contributed by atoms with Gasteiger partial charge in [0.1, 0.15) is 0 Å². The van der Waals surface area contributed by atoms with Gasteiger partial charge in [-0.25, -0.2) is 0 Å². The number of hydrogen-bond acceptors (Lipinski definition) is 3. The molecule has 1 amide bonds. The highest BCUT2D eigenvalue weighted by molar-refractivity contribution is 6.31. The van der Waals surface area contributed by atoms with Crippen LogP contribution >= 0.6 is 11.6 Å². The molecular formula is C15H19ClN2O2. The lowest BCUT2D eigenvalue weighted by Crippen LogP contribution is -2.57. The molecule has 3 N–H and O–H groups in total. The first-order valence-electron chi connectivity index (χ1n) is 7.05. The van der Waals surface area contributed by atoms with Crippen molar-refractivity contribution in [2.45, 2.75) is 37.3 Å². The number of carbonyl (C=O) groups is 1. The Hall–Kier alpha value is -1.10. The first kappa shape index (κ1) is 13.9. The molecular weight excluding hydrogens is 276 g/mol. The van der Waals surface area contributed by atoms with Gasteiger partial charge in [0.2, 0.25) is 5.91 Å². The first-order valence-corrected chi connectivity index (χ1v) is 7.43. The summed E-state index contributed by atoms with van der Waals surface area (Å²) >= 11 is 6.19. The number of ether oxygens (including phenoxy) is 1. The summed E-state index contributed by atoms with van der Waals surface area (Å²) in [5, 5.41) is 3.88. The molecule has 1 aromatic carbocycles. The number of carbonyl (C=O) groups excluding carboxylic acids is 1. The van der Waals surface area contributed by atoms with E-state index in [4.69, 9.17) is 22.1 Å². The molecule has 0 saturated carbocycles. The predicted octanol–water partition coefficient (Wildman–Crippen LogP) is 1.95. The molecule has 1 saturated heterocycles. The van der Waals surface area contributed by atoms with Gasteiger partial charge in [-0.2, -0.15) is 0 Å². The van der Waals surface area contributed by atoms with Gasteiger partial charge in [0, 0.05) is 18.2 Å². The molecule has 1 fully saturated rings. The monoisotopic (exact) mass is 294 g/mol. The molecule has 1 heterocycles. The average Bonchev–Trinajstić information content (AvgIpc) is 2.84. The standard InChI is InChI=1S/C15H19ClN2O2/c16-12-3-1-2-11-10(12)4-5-13(11)18-14(19)15(17)6-8-20-9-7-15/h1-3,13H,4-9,17H2,(H,18,19). The van der Waals surface area contributed by atoms with Gasteiger partial charge in [0.15, 0.2) is 0 Å². The quantitative estimate of drug-likeness (QED) is 0.876. The van der Waals surface area contributed by atoms with Crippen LogP contribution in [-0.2, 0) is 16.0 Å². The van der Waals surface area contributed by atoms with E-state index in [9.17, 15) is 4.79 Å². The number of benzene rings is 1. The first-order chi connectivity index (χ1) is 9.60. The molecule has 5 heteroatoms. The molecule has 1 aliphatic carbocycles. The number of fused-ring (bicyclic) bond motifs is 1. The van der Waals surface area contributed by atoms with E-state index >= 15 is 0 Å². The largest absolute Gasteiger partial charge is 0.381 e. The van der Waals surface area contributed by atoms with E-state index in [1.807, 2.05) is 18.2 Å². The lowest BCUT2D eigenvalue weighted by molar-refractivity contribution is -0.130. The van der Waals surface area contributed by atoms with Crippen LogP contribution in [0.1, 0.15) is 36.4 Å². The molecule has 3 rings (SSSR count). The van der Waals surface area contributed by atoms with Crippen LogP contribution in [0.5, 0.6) is 0 Å². The number of nitrogens with two attached hydrogens (primary N) is 1. The normalized spacial score (nSPS) is 24.2. The second kappa shape index (κ2) is 5.35. The number of hydrogen-bond donors (Lipinski definition) is 2. The highest BCUT2D eigenvalue weighted by Gasteiger charge is 2.38. The minimum Gasteiger partial charge on any atom is -0.381 e. The number of nitrogens with one attached hydrogen (secondary N) is 1. The summed E-state index contributed by atoms with van der Waals surface area (Å²) in [5.74, 6) is -0.0707. The predicted molar refractivity (Wildman–Crippen MR) is 77.6 cm³/mol. The third kappa shape index (κ3) is 2.43. The highest BCUT2D eigenvalue weighted by Crippen LogP contribution is 2.35. The topological polar surface area (TPSA) is 64.4 Å². The smallest absolute Gasteiger partial charge is 0.240 e. The Labute approximate surface area is 123 Å². The molecule has 4 nitrogen and oxygen atoms in total. The Morgan fingerprint density at radius 1 is 1.40 bits per heavy atom. The zero-order valence-electron chi connectivity index (χ0n) is 11.3. The number of amides is 1. The van der Waals surface area contributed by atoms with Gasteiger partial charge in [-0.3, -0.25) is 4.79 Å². The zero-order valence-corrected chi connectivity index (χ0v) is 12.1. The molecule has 1 aliphatic heterocycles. The Kier molecular flexibility index (Phi) is 3.71. The Morgan fingerprint density at radius 3 is 2.90 bits per heavy atom. The number of rotatable bonds is 2. The molecule has 0 bridgehead atoms. The molecule has 0 radical (unpaired) electrons. The van der Waals surface area contributed by atoms with Crippen molar-refractivity contribution < 1.29 is 9.53 Å². The van der Waals surface area contributed by atoms with Crippen LogP contribution in [-0.4, -0.2) is 24.7 Å². The second-order valence-electron chi connectivity index (χ2n) is 5.64. The van der Waals surface area contributed by atoms with Crippen LogP contribution in [0.3, 0.4) is 0 Å². The van der Waals surface area contributed by atoms with Gasteiger partial charge in [-0.05, 0) is 42.9 Å². The van der Waals surface area contributed by atoms with Gasteiger partial charge < -0.3 is 15.8 Å². The van der Waals surface area contributed by atoms with E-state index in [0.717, 1.165) is 29.0 Å². The van der Waals surface area contributed by atoms with Gasteiger partial charge in [0.25, 0.3) is 0 Å². The third-order valence-corrected chi connectivity index (χ3v) is 4.71. The van der Waals surface area contributed by atoms with Crippen molar-refractivity contribution in [3.8, 4) is 0 Å². The molecule has 1 unspecified atom stereocenters. The van der Waals surface area contributed by atoms with E-state index in [1.165, 1.54) is 0 Å². The van der Waals surface area contributed by atoms with Crippen molar-refractivity contribution in [3.63, 3.8) is 0 Å². The van der Waals surface area contributed by atoms with Gasteiger partial charge in [-0.1, -0.05) is 23.7 Å². The van der Waals surface area contributed by atoms with Crippen molar-refractivity contribution in [3.05, 3.63) is 34.3 Å².